The number of aromatic nitrogens is 2. The van der Waals surface area contributed by atoms with Crippen LogP contribution in [0.5, 0.6) is 0 Å². The SMILES string of the molecule is Cl.NCC(C(F)F)n1cccn1. The molecule has 1 rings (SSSR count). The van der Waals surface area contributed by atoms with Gasteiger partial charge in [-0.3, -0.25) is 4.68 Å². The van der Waals surface area contributed by atoms with E-state index in [1.165, 1.54) is 17.1 Å². The van der Waals surface area contributed by atoms with E-state index in [-0.39, 0.29) is 19.0 Å². The van der Waals surface area contributed by atoms with Gasteiger partial charge in [-0.15, -0.1) is 12.4 Å². The van der Waals surface area contributed by atoms with Crippen LogP contribution in [-0.4, -0.2) is 22.8 Å². The monoisotopic (exact) mass is 197 g/mol. The lowest BCUT2D eigenvalue weighted by Crippen LogP contribution is -2.25. The van der Waals surface area contributed by atoms with E-state index in [0.29, 0.717) is 0 Å². The van der Waals surface area contributed by atoms with Crippen LogP contribution in [0, 0.1) is 0 Å². The molecule has 0 amide bonds. The molecule has 0 fully saturated rings. The van der Waals surface area contributed by atoms with E-state index in [0.717, 1.165) is 0 Å². The van der Waals surface area contributed by atoms with E-state index in [2.05, 4.69) is 5.10 Å². The molecule has 0 saturated heterocycles. The minimum absolute atomic E-state index is 0. The summed E-state index contributed by atoms with van der Waals surface area (Å²) in [7, 11) is 0. The van der Waals surface area contributed by atoms with Crippen LogP contribution in [0.2, 0.25) is 0 Å². The lowest BCUT2D eigenvalue weighted by atomic mass is 10.3. The third-order valence-corrected chi connectivity index (χ3v) is 1.40. The largest absolute Gasteiger partial charge is 0.328 e. The molecular weight excluding hydrogens is 188 g/mol. The number of nitrogens with two attached hydrogens (primary N) is 1. The Balaban J connectivity index is 0.00000121. The predicted octanol–water partition coefficient (Wildman–Crippen LogP) is 1.07. The van der Waals surface area contributed by atoms with Crippen molar-refractivity contribution in [2.45, 2.75) is 12.5 Å². The molecule has 2 N–H and O–H groups in total. The highest BCUT2D eigenvalue weighted by molar-refractivity contribution is 5.85. The summed E-state index contributed by atoms with van der Waals surface area (Å²) in [6.07, 6.45) is 0.467. The first kappa shape index (κ1) is 11.3. The van der Waals surface area contributed by atoms with Crippen molar-refractivity contribution in [2.24, 2.45) is 5.73 Å². The quantitative estimate of drug-likeness (QED) is 0.788. The summed E-state index contributed by atoms with van der Waals surface area (Å²) in [5.74, 6) is 0. The van der Waals surface area contributed by atoms with Crippen LogP contribution in [-0.2, 0) is 0 Å². The lowest BCUT2D eigenvalue weighted by molar-refractivity contribution is 0.0805. The number of alkyl halides is 2. The van der Waals surface area contributed by atoms with Crippen molar-refractivity contribution in [3.05, 3.63) is 18.5 Å². The average molecular weight is 198 g/mol. The van der Waals surface area contributed by atoms with Crippen molar-refractivity contribution < 1.29 is 8.78 Å². The summed E-state index contributed by atoms with van der Waals surface area (Å²) in [5.41, 5.74) is 5.12. The standard InChI is InChI=1S/C6H9F2N3.ClH/c7-6(8)5(4-9)11-3-1-2-10-11;/h1-3,5-6H,4,9H2;1H. The van der Waals surface area contributed by atoms with Crippen LogP contribution in [0.3, 0.4) is 0 Å². The Bertz CT molecular complexity index is 203. The minimum Gasteiger partial charge on any atom is -0.328 e. The van der Waals surface area contributed by atoms with E-state index in [4.69, 9.17) is 5.73 Å². The maximum Gasteiger partial charge on any atom is 0.261 e. The molecule has 0 radical (unpaired) electrons. The Labute approximate surface area is 75.0 Å². The van der Waals surface area contributed by atoms with Crippen LogP contribution >= 0.6 is 12.4 Å². The predicted molar refractivity (Wildman–Crippen MR) is 43.6 cm³/mol. The Morgan fingerprint density at radius 3 is 2.50 bits per heavy atom. The zero-order chi connectivity index (χ0) is 8.27. The van der Waals surface area contributed by atoms with Crippen LogP contribution in [0.25, 0.3) is 0 Å². The Hall–Kier alpha value is -0.680. The molecule has 1 atom stereocenters. The topological polar surface area (TPSA) is 43.8 Å². The summed E-state index contributed by atoms with van der Waals surface area (Å²) in [6, 6.07) is 0.593. The fraction of sp³-hybridized carbons (Fsp3) is 0.500. The third-order valence-electron chi connectivity index (χ3n) is 1.40. The number of hydrogen-bond acceptors (Lipinski definition) is 2. The second kappa shape index (κ2) is 5.05. The number of rotatable bonds is 3. The van der Waals surface area contributed by atoms with Crippen molar-refractivity contribution in [3.8, 4) is 0 Å². The second-order valence-electron chi connectivity index (χ2n) is 2.12. The van der Waals surface area contributed by atoms with Gasteiger partial charge in [-0.05, 0) is 6.07 Å². The third kappa shape index (κ3) is 2.42. The van der Waals surface area contributed by atoms with E-state index >= 15 is 0 Å². The first-order chi connectivity index (χ1) is 5.25. The van der Waals surface area contributed by atoms with E-state index in [1.54, 1.807) is 6.07 Å². The molecule has 0 bridgehead atoms. The molecule has 1 aromatic rings. The fourth-order valence-corrected chi connectivity index (χ4v) is 0.803. The van der Waals surface area contributed by atoms with Gasteiger partial charge < -0.3 is 5.73 Å². The second-order valence-corrected chi connectivity index (χ2v) is 2.12. The van der Waals surface area contributed by atoms with Crippen molar-refractivity contribution >= 4 is 12.4 Å². The van der Waals surface area contributed by atoms with Gasteiger partial charge in [-0.2, -0.15) is 5.10 Å². The van der Waals surface area contributed by atoms with Gasteiger partial charge >= 0.3 is 0 Å². The molecule has 1 aromatic heterocycles. The number of halogens is 3. The van der Waals surface area contributed by atoms with E-state index in [9.17, 15) is 8.78 Å². The highest BCUT2D eigenvalue weighted by atomic mass is 35.5. The van der Waals surface area contributed by atoms with Gasteiger partial charge in [0.2, 0.25) is 0 Å². The Kier molecular flexibility index (Phi) is 4.77. The average Bonchev–Trinajstić information content (AvgIpc) is 2.40. The highest BCUT2D eigenvalue weighted by Gasteiger charge is 2.19. The van der Waals surface area contributed by atoms with Gasteiger partial charge in [-0.1, -0.05) is 0 Å². The molecule has 0 aliphatic carbocycles. The zero-order valence-electron chi connectivity index (χ0n) is 6.23. The smallest absolute Gasteiger partial charge is 0.261 e. The van der Waals surface area contributed by atoms with Crippen molar-refractivity contribution in [3.63, 3.8) is 0 Å². The van der Waals surface area contributed by atoms with Crippen molar-refractivity contribution in [1.82, 2.24) is 9.78 Å². The first-order valence-corrected chi connectivity index (χ1v) is 3.23. The molecule has 0 aromatic carbocycles. The summed E-state index contributed by atoms with van der Waals surface area (Å²) in [6.45, 7) is -0.0979. The molecular formula is C6H10ClF2N3. The van der Waals surface area contributed by atoms with Gasteiger partial charge in [0.05, 0.1) is 0 Å². The maximum atomic E-state index is 12.1. The molecule has 1 unspecified atom stereocenters. The van der Waals surface area contributed by atoms with Gasteiger partial charge in [-0.25, -0.2) is 8.78 Å². The lowest BCUT2D eigenvalue weighted by Gasteiger charge is -2.13. The van der Waals surface area contributed by atoms with Gasteiger partial charge in [0.15, 0.2) is 0 Å². The summed E-state index contributed by atoms with van der Waals surface area (Å²) in [5, 5.41) is 3.67. The van der Waals surface area contributed by atoms with E-state index in [1.807, 2.05) is 0 Å². The number of nitrogens with zero attached hydrogens (tertiary/aromatic N) is 2. The van der Waals surface area contributed by atoms with Gasteiger partial charge in [0.25, 0.3) is 6.43 Å². The van der Waals surface area contributed by atoms with Crippen LogP contribution < -0.4 is 5.73 Å². The summed E-state index contributed by atoms with van der Waals surface area (Å²) in [4.78, 5) is 0. The maximum absolute atomic E-state index is 12.1. The van der Waals surface area contributed by atoms with Crippen molar-refractivity contribution in [2.75, 3.05) is 6.54 Å². The fourth-order valence-electron chi connectivity index (χ4n) is 0.803. The van der Waals surface area contributed by atoms with Gasteiger partial charge in [0, 0.05) is 18.9 Å². The summed E-state index contributed by atoms with van der Waals surface area (Å²) >= 11 is 0. The molecule has 0 spiro atoms. The van der Waals surface area contributed by atoms with Crippen LogP contribution in [0.1, 0.15) is 6.04 Å². The molecule has 3 nitrogen and oxygen atoms in total. The molecule has 12 heavy (non-hydrogen) atoms. The zero-order valence-corrected chi connectivity index (χ0v) is 7.05. The van der Waals surface area contributed by atoms with Crippen LogP contribution in [0.4, 0.5) is 8.78 Å². The molecule has 0 saturated carbocycles. The Morgan fingerprint density at radius 1 is 1.50 bits per heavy atom. The first-order valence-electron chi connectivity index (χ1n) is 3.23. The van der Waals surface area contributed by atoms with Crippen LogP contribution in [0.15, 0.2) is 18.5 Å². The Morgan fingerprint density at radius 2 is 2.17 bits per heavy atom. The number of hydrogen-bond donors (Lipinski definition) is 1. The molecule has 70 valence electrons. The molecule has 0 aliphatic rings. The van der Waals surface area contributed by atoms with Gasteiger partial charge in [0.1, 0.15) is 6.04 Å². The molecule has 6 heteroatoms. The summed E-state index contributed by atoms with van der Waals surface area (Å²) < 4.78 is 25.4. The highest BCUT2D eigenvalue weighted by Crippen LogP contribution is 2.12. The van der Waals surface area contributed by atoms with Crippen molar-refractivity contribution in [1.29, 1.82) is 0 Å². The molecule has 1 heterocycles. The van der Waals surface area contributed by atoms with E-state index < -0.39 is 12.5 Å². The molecule has 0 aliphatic heterocycles. The normalized spacial score (nSPS) is 12.7. The minimum atomic E-state index is -2.46.